The van der Waals surface area contributed by atoms with Crippen molar-refractivity contribution in [2.75, 3.05) is 6.61 Å². The average molecular weight is 218 g/mol. The molecule has 2 aliphatic rings. The second kappa shape index (κ2) is 3.40. The van der Waals surface area contributed by atoms with Crippen molar-refractivity contribution in [2.24, 2.45) is 0 Å². The van der Waals surface area contributed by atoms with Crippen LogP contribution in [0.5, 0.6) is 0 Å². The molecular weight excluding hydrogens is 200 g/mol. The van der Waals surface area contributed by atoms with Crippen molar-refractivity contribution in [1.29, 1.82) is 0 Å². The predicted molar refractivity (Wildman–Crippen MR) is 51.0 cm³/mol. The van der Waals surface area contributed by atoms with E-state index in [1.807, 2.05) is 6.92 Å². The van der Waals surface area contributed by atoms with Crippen molar-refractivity contribution in [3.63, 3.8) is 0 Å². The lowest BCUT2D eigenvalue weighted by atomic mass is 9.90. The molecule has 0 aliphatic carbocycles. The van der Waals surface area contributed by atoms with Gasteiger partial charge in [0, 0.05) is 0 Å². The molecule has 2 heterocycles. The minimum absolute atomic E-state index is 0.232. The molecule has 0 bridgehead atoms. The lowest BCUT2D eigenvalue weighted by Crippen LogP contribution is -2.49. The summed E-state index contributed by atoms with van der Waals surface area (Å²) in [5, 5.41) is 19.5. The smallest absolute Gasteiger partial charge is 0.190 e. The van der Waals surface area contributed by atoms with Gasteiger partial charge in [0.25, 0.3) is 0 Å². The Morgan fingerprint density at radius 3 is 2.47 bits per heavy atom. The van der Waals surface area contributed by atoms with Crippen LogP contribution in [0.15, 0.2) is 0 Å². The van der Waals surface area contributed by atoms with Gasteiger partial charge >= 0.3 is 0 Å². The molecule has 0 unspecified atom stereocenters. The van der Waals surface area contributed by atoms with E-state index in [4.69, 9.17) is 19.3 Å². The van der Waals surface area contributed by atoms with Gasteiger partial charge in [0.05, 0.1) is 6.61 Å². The molecule has 15 heavy (non-hydrogen) atoms. The Hall–Kier alpha value is -0.200. The van der Waals surface area contributed by atoms with E-state index >= 15 is 0 Å². The summed E-state index contributed by atoms with van der Waals surface area (Å²) in [6.45, 7) is 5.16. The van der Waals surface area contributed by atoms with Crippen molar-refractivity contribution in [1.82, 2.24) is 0 Å². The third-order valence-corrected chi connectivity index (χ3v) is 3.14. The van der Waals surface area contributed by atoms with Gasteiger partial charge in [-0.15, -0.1) is 0 Å². The van der Waals surface area contributed by atoms with Crippen LogP contribution in [0.3, 0.4) is 0 Å². The van der Waals surface area contributed by atoms with E-state index in [1.165, 1.54) is 0 Å². The predicted octanol–water partition coefficient (Wildman–Crippen LogP) is -0.00380. The summed E-state index contributed by atoms with van der Waals surface area (Å²) < 4.78 is 16.5. The molecule has 0 amide bonds. The van der Waals surface area contributed by atoms with Crippen LogP contribution in [0.2, 0.25) is 0 Å². The highest BCUT2D eigenvalue weighted by atomic mass is 16.8. The maximum absolute atomic E-state index is 10.4. The van der Waals surface area contributed by atoms with Gasteiger partial charge in [0.1, 0.15) is 17.8 Å². The molecule has 2 saturated heterocycles. The fourth-order valence-corrected chi connectivity index (χ4v) is 2.26. The van der Waals surface area contributed by atoms with Crippen LogP contribution in [-0.4, -0.2) is 46.7 Å². The fraction of sp³-hybridized carbons (Fsp3) is 1.00. The van der Waals surface area contributed by atoms with Gasteiger partial charge in [-0.1, -0.05) is 6.92 Å². The zero-order valence-corrected chi connectivity index (χ0v) is 9.27. The number of ether oxygens (including phenoxy) is 3. The van der Waals surface area contributed by atoms with Gasteiger partial charge in [-0.05, 0) is 20.3 Å². The fourth-order valence-electron chi connectivity index (χ4n) is 2.26. The molecular formula is C10H18O5. The number of aliphatic hydroxyl groups is 2. The van der Waals surface area contributed by atoms with Crippen LogP contribution >= 0.6 is 0 Å². The molecule has 88 valence electrons. The summed E-state index contributed by atoms with van der Waals surface area (Å²) in [6, 6.07) is 0. The van der Waals surface area contributed by atoms with Gasteiger partial charge in [-0.3, -0.25) is 0 Å². The first-order valence-corrected chi connectivity index (χ1v) is 5.27. The van der Waals surface area contributed by atoms with Gasteiger partial charge < -0.3 is 24.4 Å². The summed E-state index contributed by atoms with van der Waals surface area (Å²) in [5.74, 6) is -0.737. The second-order valence-electron chi connectivity index (χ2n) is 4.58. The number of rotatable bonds is 2. The highest BCUT2D eigenvalue weighted by molar-refractivity contribution is 5.04. The minimum Gasteiger partial charge on any atom is -0.394 e. The SMILES string of the molecule is CC[C@@]1(O)[C@@H](CO)O[C@@H]2OC(C)(C)O[C@@H]21. The Bertz CT molecular complexity index is 254. The van der Waals surface area contributed by atoms with E-state index < -0.39 is 29.9 Å². The molecule has 0 aromatic rings. The quantitative estimate of drug-likeness (QED) is 0.682. The second-order valence-corrected chi connectivity index (χ2v) is 4.58. The van der Waals surface area contributed by atoms with E-state index in [-0.39, 0.29) is 6.61 Å². The molecule has 0 spiro atoms. The first kappa shape index (κ1) is 11.3. The van der Waals surface area contributed by atoms with Gasteiger partial charge in [0.2, 0.25) is 0 Å². The van der Waals surface area contributed by atoms with Crippen molar-refractivity contribution in [3.8, 4) is 0 Å². The molecule has 5 nitrogen and oxygen atoms in total. The lowest BCUT2D eigenvalue weighted by Gasteiger charge is -2.31. The largest absolute Gasteiger partial charge is 0.394 e. The van der Waals surface area contributed by atoms with Crippen LogP contribution in [-0.2, 0) is 14.2 Å². The standard InChI is InChI=1S/C10H18O5/c1-4-10(12)6(5-11)13-8-7(10)14-9(2,3)15-8/h6-8,11-12H,4-5H2,1-3H3/t6-,7+,8-,10-/m1/s1. The van der Waals surface area contributed by atoms with Crippen LogP contribution in [0.25, 0.3) is 0 Å². The Kier molecular flexibility index (Phi) is 2.56. The van der Waals surface area contributed by atoms with Crippen LogP contribution in [0.4, 0.5) is 0 Å². The monoisotopic (exact) mass is 218 g/mol. The summed E-state index contributed by atoms with van der Waals surface area (Å²) >= 11 is 0. The van der Waals surface area contributed by atoms with E-state index in [1.54, 1.807) is 13.8 Å². The highest BCUT2D eigenvalue weighted by Gasteiger charge is 2.61. The molecule has 0 radical (unpaired) electrons. The number of fused-ring (bicyclic) bond motifs is 1. The van der Waals surface area contributed by atoms with Crippen molar-refractivity contribution in [3.05, 3.63) is 0 Å². The van der Waals surface area contributed by atoms with E-state index in [0.29, 0.717) is 6.42 Å². The Balaban J connectivity index is 2.22. The summed E-state index contributed by atoms with van der Waals surface area (Å²) in [6.07, 6.45) is -1.27. The van der Waals surface area contributed by atoms with Crippen molar-refractivity contribution < 1.29 is 24.4 Å². The van der Waals surface area contributed by atoms with Gasteiger partial charge in [0.15, 0.2) is 12.1 Å². The molecule has 2 rings (SSSR count). The first-order chi connectivity index (χ1) is 6.93. The van der Waals surface area contributed by atoms with E-state index in [0.717, 1.165) is 0 Å². The lowest BCUT2D eigenvalue weighted by molar-refractivity contribution is -0.233. The van der Waals surface area contributed by atoms with Gasteiger partial charge in [-0.25, -0.2) is 0 Å². The normalized spacial score (nSPS) is 48.2. The highest BCUT2D eigenvalue weighted by Crippen LogP contribution is 2.44. The number of hydrogen-bond acceptors (Lipinski definition) is 5. The van der Waals surface area contributed by atoms with Gasteiger partial charge in [-0.2, -0.15) is 0 Å². The molecule has 4 atom stereocenters. The minimum atomic E-state index is -1.16. The zero-order valence-electron chi connectivity index (χ0n) is 9.27. The van der Waals surface area contributed by atoms with Crippen LogP contribution in [0.1, 0.15) is 27.2 Å². The maximum Gasteiger partial charge on any atom is 0.190 e. The summed E-state index contributed by atoms with van der Waals surface area (Å²) in [7, 11) is 0. The molecule has 0 aromatic heterocycles. The molecule has 2 aliphatic heterocycles. The summed E-state index contributed by atoms with van der Waals surface area (Å²) in [4.78, 5) is 0. The van der Waals surface area contributed by atoms with Crippen LogP contribution in [0, 0.1) is 0 Å². The van der Waals surface area contributed by atoms with E-state index in [2.05, 4.69) is 0 Å². The Morgan fingerprint density at radius 2 is 1.93 bits per heavy atom. The zero-order chi connectivity index (χ0) is 11.3. The number of aliphatic hydroxyl groups excluding tert-OH is 1. The number of hydrogen-bond donors (Lipinski definition) is 2. The third kappa shape index (κ3) is 1.59. The van der Waals surface area contributed by atoms with Crippen molar-refractivity contribution >= 4 is 0 Å². The molecule has 0 aromatic carbocycles. The van der Waals surface area contributed by atoms with E-state index in [9.17, 15) is 5.11 Å². The van der Waals surface area contributed by atoms with Crippen molar-refractivity contribution in [2.45, 2.75) is 57.1 Å². The Morgan fingerprint density at radius 1 is 1.27 bits per heavy atom. The first-order valence-electron chi connectivity index (χ1n) is 5.27. The topological polar surface area (TPSA) is 68.2 Å². The average Bonchev–Trinajstić information content (AvgIpc) is 2.60. The maximum atomic E-state index is 10.4. The molecule has 2 fully saturated rings. The molecule has 5 heteroatoms. The third-order valence-electron chi connectivity index (χ3n) is 3.14. The van der Waals surface area contributed by atoms with Crippen LogP contribution < -0.4 is 0 Å². The summed E-state index contributed by atoms with van der Waals surface area (Å²) in [5.41, 5.74) is -1.16. The Labute approximate surface area is 88.9 Å². The molecule has 0 saturated carbocycles. The molecule has 2 N–H and O–H groups in total.